The third-order valence-corrected chi connectivity index (χ3v) is 6.50. The first kappa shape index (κ1) is 27.7. The molecule has 0 saturated carbocycles. The molecule has 39 heavy (non-hydrogen) atoms. The number of aromatic hydroxyl groups is 1. The van der Waals surface area contributed by atoms with Gasteiger partial charge in [0.25, 0.3) is 11.7 Å². The van der Waals surface area contributed by atoms with Crippen molar-refractivity contribution in [2.45, 2.75) is 32.9 Å². The molecule has 1 atom stereocenters. The second-order valence-corrected chi connectivity index (χ2v) is 9.30. The Balaban J connectivity index is 1.67. The third-order valence-electron chi connectivity index (χ3n) is 6.50. The van der Waals surface area contributed by atoms with Crippen LogP contribution in [0.1, 0.15) is 41.6 Å². The van der Waals surface area contributed by atoms with Gasteiger partial charge in [-0.25, -0.2) is 0 Å². The fourth-order valence-electron chi connectivity index (χ4n) is 4.64. The van der Waals surface area contributed by atoms with Crippen molar-refractivity contribution in [3.8, 4) is 17.2 Å². The van der Waals surface area contributed by atoms with Crippen molar-refractivity contribution in [3.05, 3.63) is 94.6 Å². The summed E-state index contributed by atoms with van der Waals surface area (Å²) in [4.78, 5) is 27.8. The van der Waals surface area contributed by atoms with Crippen LogP contribution in [0.15, 0.2) is 72.3 Å². The van der Waals surface area contributed by atoms with Gasteiger partial charge in [0.1, 0.15) is 18.1 Å². The van der Waals surface area contributed by atoms with E-state index in [-0.39, 0.29) is 29.4 Å². The maximum absolute atomic E-state index is 13.2. The van der Waals surface area contributed by atoms with E-state index in [0.717, 1.165) is 11.1 Å². The Bertz CT molecular complexity index is 1360. The van der Waals surface area contributed by atoms with Crippen molar-refractivity contribution < 1.29 is 34.0 Å². The van der Waals surface area contributed by atoms with Gasteiger partial charge in [-0.1, -0.05) is 35.9 Å². The number of carbonyl (C=O) groups is 2. The maximum atomic E-state index is 13.2. The van der Waals surface area contributed by atoms with Crippen LogP contribution in [-0.2, 0) is 20.9 Å². The number of hydrogen-bond acceptors (Lipinski definition) is 7. The van der Waals surface area contributed by atoms with Crippen LogP contribution in [0.3, 0.4) is 0 Å². The first-order valence-electron chi connectivity index (χ1n) is 12.9. The number of methoxy groups -OCH3 is 1. The summed E-state index contributed by atoms with van der Waals surface area (Å²) < 4.78 is 16.5. The lowest BCUT2D eigenvalue weighted by molar-refractivity contribution is -0.140. The van der Waals surface area contributed by atoms with Crippen molar-refractivity contribution in [1.82, 2.24) is 4.90 Å². The molecule has 1 aliphatic heterocycles. The molecule has 1 saturated heterocycles. The van der Waals surface area contributed by atoms with Crippen LogP contribution in [-0.4, -0.2) is 53.7 Å². The minimum Gasteiger partial charge on any atom is -0.507 e. The number of aryl methyl sites for hydroxylation is 1. The summed E-state index contributed by atoms with van der Waals surface area (Å²) in [5.41, 5.74) is 3.07. The summed E-state index contributed by atoms with van der Waals surface area (Å²) in [6.45, 7) is 5.17. The molecule has 2 N–H and O–H groups in total. The predicted molar refractivity (Wildman–Crippen MR) is 147 cm³/mol. The highest BCUT2D eigenvalue weighted by Gasteiger charge is 2.46. The van der Waals surface area contributed by atoms with Crippen LogP contribution in [0.25, 0.3) is 5.76 Å². The number of Topliss-reactive ketones (excluding diaryl/α,β-unsaturated/α-hetero) is 1. The van der Waals surface area contributed by atoms with Crippen molar-refractivity contribution in [2.75, 3.05) is 26.9 Å². The number of phenolic OH excluding ortho intramolecular Hbond substituents is 1. The van der Waals surface area contributed by atoms with E-state index in [2.05, 4.69) is 0 Å². The summed E-state index contributed by atoms with van der Waals surface area (Å²) in [6, 6.07) is 18.6. The highest BCUT2D eigenvalue weighted by Crippen LogP contribution is 2.42. The molecule has 3 aromatic rings. The molecule has 0 spiro atoms. The predicted octanol–water partition coefficient (Wildman–Crippen LogP) is 5.14. The zero-order valence-corrected chi connectivity index (χ0v) is 22.3. The Morgan fingerprint density at radius 1 is 1.00 bits per heavy atom. The minimum absolute atomic E-state index is 0.0287. The molecule has 0 aromatic heterocycles. The Kier molecular flexibility index (Phi) is 8.88. The first-order valence-corrected chi connectivity index (χ1v) is 12.9. The van der Waals surface area contributed by atoms with Gasteiger partial charge in [-0.15, -0.1) is 0 Å². The quantitative estimate of drug-likeness (QED) is 0.153. The number of rotatable bonds is 11. The van der Waals surface area contributed by atoms with Gasteiger partial charge in [-0.2, -0.15) is 0 Å². The van der Waals surface area contributed by atoms with Gasteiger partial charge < -0.3 is 29.3 Å². The number of carbonyl (C=O) groups excluding carboxylic acids is 2. The Labute approximate surface area is 228 Å². The fourth-order valence-corrected chi connectivity index (χ4v) is 4.64. The van der Waals surface area contributed by atoms with Crippen molar-refractivity contribution in [2.24, 2.45) is 0 Å². The van der Waals surface area contributed by atoms with E-state index in [1.807, 2.05) is 31.2 Å². The first-order chi connectivity index (χ1) is 18.8. The lowest BCUT2D eigenvalue weighted by Gasteiger charge is -2.25. The van der Waals surface area contributed by atoms with Crippen LogP contribution in [0.5, 0.6) is 17.2 Å². The average molecular weight is 532 g/mol. The zero-order valence-electron chi connectivity index (χ0n) is 22.3. The van der Waals surface area contributed by atoms with Crippen LogP contribution >= 0.6 is 0 Å². The Morgan fingerprint density at radius 2 is 1.77 bits per heavy atom. The van der Waals surface area contributed by atoms with Crippen LogP contribution in [0.4, 0.5) is 0 Å². The van der Waals surface area contributed by atoms with Gasteiger partial charge in [0, 0.05) is 25.8 Å². The average Bonchev–Trinajstić information content (AvgIpc) is 3.18. The summed E-state index contributed by atoms with van der Waals surface area (Å²) >= 11 is 0. The van der Waals surface area contributed by atoms with Gasteiger partial charge in [-0.05, 0) is 67.8 Å². The molecule has 0 aliphatic carbocycles. The smallest absolute Gasteiger partial charge is 0.295 e. The van der Waals surface area contributed by atoms with E-state index in [0.29, 0.717) is 43.1 Å². The van der Waals surface area contributed by atoms with E-state index in [1.165, 1.54) is 11.0 Å². The molecule has 204 valence electrons. The number of ketones is 1. The van der Waals surface area contributed by atoms with Gasteiger partial charge in [-0.3, -0.25) is 9.59 Å². The number of phenols is 1. The van der Waals surface area contributed by atoms with Gasteiger partial charge in [0.15, 0.2) is 11.5 Å². The number of amides is 1. The van der Waals surface area contributed by atoms with Gasteiger partial charge in [0.2, 0.25) is 0 Å². The number of aliphatic hydroxyl groups is 1. The summed E-state index contributed by atoms with van der Waals surface area (Å²) in [5, 5.41) is 21.5. The molecule has 1 aliphatic rings. The molecule has 1 heterocycles. The SMILES string of the molecule is CCOc1cc(C2/C(=C(\O)c3ccc(OCc4cccc(C)c4)cc3)C(=O)C(=O)N2CCCOC)ccc1O. The lowest BCUT2D eigenvalue weighted by Crippen LogP contribution is -2.31. The summed E-state index contributed by atoms with van der Waals surface area (Å²) in [7, 11) is 1.56. The lowest BCUT2D eigenvalue weighted by atomic mass is 9.95. The zero-order chi connectivity index (χ0) is 27.9. The van der Waals surface area contributed by atoms with E-state index in [1.54, 1.807) is 50.4 Å². The standard InChI is InChI=1S/C31H33NO7/c1-4-38-26-18-23(11-14-25(26)33)28-27(30(35)31(36)32(28)15-6-16-37-3)29(34)22-9-12-24(13-10-22)39-19-21-8-5-7-20(2)17-21/h5,7-14,17-18,28,33-34H,4,6,15-16,19H2,1-3H3/b29-27+. The second kappa shape index (κ2) is 12.5. The topological polar surface area (TPSA) is 106 Å². The normalized spacial score (nSPS) is 16.5. The molecule has 3 aromatic carbocycles. The second-order valence-electron chi connectivity index (χ2n) is 9.30. The van der Waals surface area contributed by atoms with E-state index in [9.17, 15) is 19.8 Å². The molecular formula is C31H33NO7. The van der Waals surface area contributed by atoms with Crippen LogP contribution in [0, 0.1) is 6.92 Å². The maximum Gasteiger partial charge on any atom is 0.295 e. The molecule has 8 heteroatoms. The number of aliphatic hydroxyl groups excluding tert-OH is 1. The Hall–Kier alpha value is -4.30. The number of nitrogens with zero attached hydrogens (tertiary/aromatic N) is 1. The Morgan fingerprint density at radius 3 is 2.46 bits per heavy atom. The number of ether oxygens (including phenoxy) is 3. The number of hydrogen-bond donors (Lipinski definition) is 2. The molecule has 1 unspecified atom stereocenters. The molecule has 8 nitrogen and oxygen atoms in total. The van der Waals surface area contributed by atoms with Crippen molar-refractivity contribution in [3.63, 3.8) is 0 Å². The van der Waals surface area contributed by atoms with Gasteiger partial charge in [0.05, 0.1) is 18.2 Å². The fraction of sp³-hybridized carbons (Fsp3) is 0.290. The third kappa shape index (κ3) is 6.23. The minimum atomic E-state index is -0.862. The largest absolute Gasteiger partial charge is 0.507 e. The van der Waals surface area contributed by atoms with Crippen molar-refractivity contribution >= 4 is 17.4 Å². The number of benzene rings is 3. The highest BCUT2D eigenvalue weighted by molar-refractivity contribution is 6.46. The molecule has 0 bridgehead atoms. The number of likely N-dealkylation sites (tertiary alicyclic amines) is 1. The molecule has 4 rings (SSSR count). The van der Waals surface area contributed by atoms with E-state index < -0.39 is 17.7 Å². The monoisotopic (exact) mass is 531 g/mol. The van der Waals surface area contributed by atoms with Crippen LogP contribution in [0.2, 0.25) is 0 Å². The molecule has 0 radical (unpaired) electrons. The molecule has 1 amide bonds. The highest BCUT2D eigenvalue weighted by atomic mass is 16.5. The van der Waals surface area contributed by atoms with Gasteiger partial charge >= 0.3 is 0 Å². The summed E-state index contributed by atoms with van der Waals surface area (Å²) in [5.74, 6) is -0.998. The van der Waals surface area contributed by atoms with E-state index >= 15 is 0 Å². The van der Waals surface area contributed by atoms with Crippen molar-refractivity contribution in [1.29, 1.82) is 0 Å². The molecule has 1 fully saturated rings. The summed E-state index contributed by atoms with van der Waals surface area (Å²) in [6.07, 6.45) is 0.503. The van der Waals surface area contributed by atoms with E-state index in [4.69, 9.17) is 14.2 Å². The van der Waals surface area contributed by atoms with Crippen LogP contribution < -0.4 is 9.47 Å². The molecular weight excluding hydrogens is 498 g/mol.